The van der Waals surface area contributed by atoms with Crippen molar-refractivity contribution in [2.24, 2.45) is 0 Å². The first-order chi connectivity index (χ1) is 19.9. The molecule has 2 fully saturated rings. The Kier molecular flexibility index (Phi) is 7.72. The van der Waals surface area contributed by atoms with Gasteiger partial charge in [-0.25, -0.2) is 0 Å². The van der Waals surface area contributed by atoms with Gasteiger partial charge in [0.15, 0.2) is 0 Å². The van der Waals surface area contributed by atoms with Crippen molar-refractivity contribution in [2.75, 3.05) is 26.7 Å². The fourth-order valence-corrected chi connectivity index (χ4v) is 5.92. The number of amides is 1. The molecule has 41 heavy (non-hydrogen) atoms. The van der Waals surface area contributed by atoms with Crippen LogP contribution in [0.3, 0.4) is 0 Å². The molecule has 3 atom stereocenters. The molecule has 6 rings (SSSR count). The van der Waals surface area contributed by atoms with E-state index in [1.54, 1.807) is 7.11 Å². The Morgan fingerprint density at radius 2 is 1.78 bits per heavy atom. The normalized spacial score (nSPS) is 22.6. The number of hydrogen-bond acceptors (Lipinski definition) is 5. The van der Waals surface area contributed by atoms with E-state index in [0.717, 1.165) is 64.2 Å². The van der Waals surface area contributed by atoms with Crippen LogP contribution < -0.4 is 10.1 Å². The monoisotopic (exact) mass is 548 g/mol. The van der Waals surface area contributed by atoms with E-state index in [-0.39, 0.29) is 24.0 Å². The van der Waals surface area contributed by atoms with Gasteiger partial charge < -0.3 is 14.8 Å². The molecule has 0 radical (unpaired) electrons. The van der Waals surface area contributed by atoms with Crippen LogP contribution in [0.2, 0.25) is 0 Å². The first kappa shape index (κ1) is 27.0. The summed E-state index contributed by atoms with van der Waals surface area (Å²) >= 11 is 0. The first-order valence-corrected chi connectivity index (χ1v) is 14.2. The largest absolute Gasteiger partial charge is 0.497 e. The van der Waals surface area contributed by atoms with E-state index in [9.17, 15) is 4.79 Å². The van der Waals surface area contributed by atoms with Gasteiger partial charge in [0.25, 0.3) is 0 Å². The summed E-state index contributed by atoms with van der Waals surface area (Å²) in [4.78, 5) is 15.2. The highest BCUT2D eigenvalue weighted by atomic mass is 16.5. The minimum atomic E-state index is -0.0359. The maximum atomic E-state index is 12.7. The Morgan fingerprint density at radius 3 is 2.56 bits per heavy atom. The van der Waals surface area contributed by atoms with Crippen LogP contribution in [0, 0.1) is 0 Å². The number of benzene rings is 3. The highest BCUT2D eigenvalue weighted by Crippen LogP contribution is 2.32. The molecule has 3 heterocycles. The van der Waals surface area contributed by atoms with Crippen molar-refractivity contribution in [3.63, 3.8) is 0 Å². The van der Waals surface area contributed by atoms with Crippen molar-refractivity contribution in [1.82, 2.24) is 20.4 Å². The molecule has 1 unspecified atom stereocenters. The molecule has 1 amide bonds. The lowest BCUT2D eigenvalue weighted by molar-refractivity contribution is -0.116. The fraction of sp³-hybridized carbons (Fsp3) is 0.294. The summed E-state index contributed by atoms with van der Waals surface area (Å²) in [7, 11) is 1.65. The zero-order valence-electron chi connectivity index (χ0n) is 23.8. The summed E-state index contributed by atoms with van der Waals surface area (Å²) in [6.07, 6.45) is 6.66. The van der Waals surface area contributed by atoms with E-state index >= 15 is 0 Å². The third-order valence-corrected chi connectivity index (χ3v) is 7.85. The lowest BCUT2D eigenvalue weighted by Crippen LogP contribution is -2.44. The molecule has 2 aliphatic heterocycles. The molecule has 7 heteroatoms. The molecule has 0 saturated carbocycles. The Labute approximate surface area is 240 Å². The van der Waals surface area contributed by atoms with Crippen molar-refractivity contribution in [3.05, 3.63) is 100 Å². The third kappa shape index (κ3) is 6.11. The molecular formula is C34H36N4O3. The second kappa shape index (κ2) is 11.7. The molecule has 3 aromatic carbocycles. The van der Waals surface area contributed by atoms with E-state index in [1.807, 2.05) is 48.6 Å². The van der Waals surface area contributed by atoms with Gasteiger partial charge >= 0.3 is 0 Å². The van der Waals surface area contributed by atoms with Crippen LogP contribution in [0.5, 0.6) is 5.75 Å². The standard InChI is InChI=1S/C34H36N4O3/c1-22-19-38(20-23(2)41-22)21-25-9-7-24(8-10-25)12-14-32-29-13-11-26(16-33(29)37-36-32)15-30-31(18-35-34(30)39)27-5-4-6-28(17-27)40-3/h4-17,22-23,31H,18-21H2,1-3H3,(H,35,39)(H,36,37)/b14-12+,30-15?/t22-,23+,31?. The summed E-state index contributed by atoms with van der Waals surface area (Å²) in [6.45, 7) is 7.72. The molecule has 0 bridgehead atoms. The van der Waals surface area contributed by atoms with Gasteiger partial charge in [0.2, 0.25) is 5.91 Å². The van der Waals surface area contributed by atoms with Crippen LogP contribution in [0.1, 0.15) is 47.7 Å². The van der Waals surface area contributed by atoms with Crippen LogP contribution in [-0.4, -0.2) is 60.0 Å². The van der Waals surface area contributed by atoms with Crippen molar-refractivity contribution >= 4 is 35.0 Å². The van der Waals surface area contributed by atoms with Gasteiger partial charge in [-0.15, -0.1) is 0 Å². The van der Waals surface area contributed by atoms with Gasteiger partial charge in [0.05, 0.1) is 30.5 Å². The highest BCUT2D eigenvalue weighted by molar-refractivity contribution is 6.02. The van der Waals surface area contributed by atoms with Crippen LogP contribution >= 0.6 is 0 Å². The van der Waals surface area contributed by atoms with Crippen LogP contribution in [0.4, 0.5) is 0 Å². The number of fused-ring (bicyclic) bond motifs is 1. The molecule has 4 aromatic rings. The summed E-state index contributed by atoms with van der Waals surface area (Å²) in [6, 6.07) is 22.8. The number of hydrogen-bond donors (Lipinski definition) is 2. The van der Waals surface area contributed by atoms with Gasteiger partial charge in [-0.3, -0.25) is 14.8 Å². The molecule has 0 aliphatic carbocycles. The second-order valence-corrected chi connectivity index (χ2v) is 11.1. The molecule has 2 aliphatic rings. The summed E-state index contributed by atoms with van der Waals surface area (Å²) < 4.78 is 11.2. The van der Waals surface area contributed by atoms with Gasteiger partial charge in [-0.05, 0) is 72.5 Å². The number of methoxy groups -OCH3 is 1. The average Bonchev–Trinajstić information content (AvgIpc) is 3.54. The quantitative estimate of drug-likeness (QED) is 0.292. The zero-order chi connectivity index (χ0) is 28.3. The van der Waals surface area contributed by atoms with Crippen molar-refractivity contribution < 1.29 is 14.3 Å². The second-order valence-electron chi connectivity index (χ2n) is 11.1. The van der Waals surface area contributed by atoms with Gasteiger partial charge in [0, 0.05) is 43.1 Å². The lowest BCUT2D eigenvalue weighted by Gasteiger charge is -2.35. The average molecular weight is 549 g/mol. The fourth-order valence-electron chi connectivity index (χ4n) is 5.92. The van der Waals surface area contributed by atoms with E-state index in [4.69, 9.17) is 9.47 Å². The van der Waals surface area contributed by atoms with Crippen molar-refractivity contribution in [3.8, 4) is 5.75 Å². The van der Waals surface area contributed by atoms with E-state index in [1.165, 1.54) is 5.56 Å². The summed E-state index contributed by atoms with van der Waals surface area (Å²) in [5.41, 5.74) is 7.01. The number of rotatable bonds is 7. The Hall–Kier alpha value is -4.20. The van der Waals surface area contributed by atoms with Gasteiger partial charge in [0.1, 0.15) is 5.75 Å². The predicted molar refractivity (Wildman–Crippen MR) is 163 cm³/mol. The number of nitrogens with zero attached hydrogens (tertiary/aromatic N) is 2. The smallest absolute Gasteiger partial charge is 0.247 e. The third-order valence-electron chi connectivity index (χ3n) is 7.85. The summed E-state index contributed by atoms with van der Waals surface area (Å²) in [5.74, 6) is 0.723. The molecule has 1 aromatic heterocycles. The van der Waals surface area contributed by atoms with Crippen LogP contribution in [0.25, 0.3) is 29.1 Å². The van der Waals surface area contributed by atoms with E-state index in [0.29, 0.717) is 6.54 Å². The van der Waals surface area contributed by atoms with E-state index < -0.39 is 0 Å². The van der Waals surface area contributed by atoms with Crippen LogP contribution in [-0.2, 0) is 16.1 Å². The van der Waals surface area contributed by atoms with Crippen molar-refractivity contribution in [1.29, 1.82) is 0 Å². The van der Waals surface area contributed by atoms with Crippen LogP contribution in [0.15, 0.2) is 72.3 Å². The number of aromatic nitrogens is 2. The molecule has 210 valence electrons. The maximum absolute atomic E-state index is 12.7. The number of H-pyrrole nitrogens is 1. The van der Waals surface area contributed by atoms with Gasteiger partial charge in [-0.2, -0.15) is 5.10 Å². The maximum Gasteiger partial charge on any atom is 0.247 e. The first-order valence-electron chi connectivity index (χ1n) is 14.2. The number of carbonyl (C=O) groups excluding carboxylic acids is 1. The number of ether oxygens (including phenoxy) is 2. The minimum Gasteiger partial charge on any atom is -0.497 e. The number of morpholine rings is 1. The number of nitrogens with one attached hydrogen (secondary N) is 2. The molecule has 7 nitrogen and oxygen atoms in total. The molecule has 2 saturated heterocycles. The summed E-state index contributed by atoms with van der Waals surface area (Å²) in [5, 5.41) is 11.7. The molecular weight excluding hydrogens is 512 g/mol. The topological polar surface area (TPSA) is 79.5 Å². The Bertz CT molecular complexity index is 1590. The zero-order valence-corrected chi connectivity index (χ0v) is 23.8. The SMILES string of the molecule is COc1cccc(C2CNC(=O)C2=Cc2ccc3c(/C=C/c4ccc(CN5C[C@@H](C)O[C@@H](C)C5)cc4)n[nH]c3c2)c1. The number of carbonyl (C=O) groups is 1. The Balaban J connectivity index is 1.16. The lowest BCUT2D eigenvalue weighted by atomic mass is 9.92. The predicted octanol–water partition coefficient (Wildman–Crippen LogP) is 5.65. The van der Waals surface area contributed by atoms with E-state index in [2.05, 4.69) is 70.7 Å². The molecule has 0 spiro atoms. The minimum absolute atomic E-state index is 0.0269. The Morgan fingerprint density at radius 1 is 1.00 bits per heavy atom. The number of aromatic amines is 1. The van der Waals surface area contributed by atoms with Gasteiger partial charge in [-0.1, -0.05) is 48.5 Å². The van der Waals surface area contributed by atoms with Crippen molar-refractivity contribution in [2.45, 2.75) is 38.5 Å². The molecule has 2 N–H and O–H groups in total. The highest BCUT2D eigenvalue weighted by Gasteiger charge is 2.29.